The van der Waals surface area contributed by atoms with E-state index >= 15 is 0 Å². The van der Waals surface area contributed by atoms with Crippen LogP contribution in [0.2, 0.25) is 0 Å². The van der Waals surface area contributed by atoms with Gasteiger partial charge in [0.1, 0.15) is 24.2 Å². The first-order valence-corrected chi connectivity index (χ1v) is 15.6. The van der Waals surface area contributed by atoms with E-state index in [4.69, 9.17) is 45.9 Å². The number of nitrogens with two attached hydrogens (primary N) is 8. The molecule has 0 radical (unpaired) electrons. The fraction of sp³-hybridized carbons (Fsp3) is 0.667. The van der Waals surface area contributed by atoms with E-state index in [1.807, 2.05) is 0 Å². The number of carbonyl (C=O) groups excluding carboxylic acids is 6. The van der Waals surface area contributed by atoms with Crippen molar-refractivity contribution in [3.05, 3.63) is 0 Å². The Morgan fingerprint density at radius 1 is 0.551 bits per heavy atom. The number of primary amides is 2. The van der Waals surface area contributed by atoms with Crippen LogP contribution in [0.25, 0.3) is 0 Å². The molecule has 49 heavy (non-hydrogen) atoms. The Morgan fingerprint density at radius 3 is 1.47 bits per heavy atom. The Bertz CT molecular complexity index is 1190. The van der Waals surface area contributed by atoms with E-state index in [1.54, 1.807) is 0 Å². The van der Waals surface area contributed by atoms with E-state index in [2.05, 4.69) is 31.3 Å². The predicted octanol–water partition coefficient (Wildman–Crippen LogP) is -6.29. The predicted molar refractivity (Wildman–Crippen MR) is 178 cm³/mol. The Balaban J connectivity index is 6.05. The van der Waals surface area contributed by atoms with Crippen LogP contribution >= 0.6 is 0 Å². The molecule has 0 spiro atoms. The number of carboxylic acids is 1. The number of carboxylic acid groups (broad SMARTS) is 1. The van der Waals surface area contributed by atoms with Crippen molar-refractivity contribution in [2.45, 2.75) is 94.4 Å². The Morgan fingerprint density at radius 2 is 1.00 bits per heavy atom. The van der Waals surface area contributed by atoms with E-state index in [-0.39, 0.29) is 63.5 Å². The summed E-state index contributed by atoms with van der Waals surface area (Å²) in [6.07, 6.45) is 0.0721. The van der Waals surface area contributed by atoms with Crippen LogP contribution in [0.15, 0.2) is 9.98 Å². The number of aliphatic imine (C=N–C) groups is 2. The zero-order valence-electron chi connectivity index (χ0n) is 27.4. The Labute approximate surface area is 283 Å². The molecule has 0 saturated heterocycles. The summed E-state index contributed by atoms with van der Waals surface area (Å²) in [6.45, 7) is 0.535. The van der Waals surface area contributed by atoms with Crippen LogP contribution in [0.5, 0.6) is 0 Å². The van der Waals surface area contributed by atoms with Gasteiger partial charge in [-0.2, -0.15) is 0 Å². The number of nitrogens with zero attached hydrogens (tertiary/aromatic N) is 2. The molecule has 278 valence electrons. The van der Waals surface area contributed by atoms with Crippen LogP contribution in [-0.2, 0) is 33.6 Å². The average molecular weight is 701 g/mol. The van der Waals surface area contributed by atoms with E-state index in [1.165, 1.54) is 0 Å². The monoisotopic (exact) mass is 700 g/mol. The van der Waals surface area contributed by atoms with Gasteiger partial charge in [-0.25, -0.2) is 4.79 Å². The number of amides is 6. The Kier molecular flexibility index (Phi) is 21.4. The van der Waals surface area contributed by atoms with Gasteiger partial charge >= 0.3 is 5.97 Å². The summed E-state index contributed by atoms with van der Waals surface area (Å²) in [4.78, 5) is 95.3. The standard InChI is InChI=1S/C27H52N14O8/c28-10-2-1-6-17(25(48)49)40-23(46)16(8-9-19(30)42)39-22(45)15(7-4-12-37-27(34)35)38-24(47)18(13-20(31)43)41-21(44)14(29)5-3-11-36-26(32)33/h14-18H,1-13,28-29H2,(H2,30,42)(H2,31,43)(H,38,47)(H,39,45)(H,40,46)(H,41,44)(H,48,49)(H4,32,33,36)(H4,34,35,37). The van der Waals surface area contributed by atoms with E-state index in [9.17, 15) is 38.7 Å². The summed E-state index contributed by atoms with van der Waals surface area (Å²) < 4.78 is 0. The molecule has 0 aliphatic carbocycles. The largest absolute Gasteiger partial charge is 0.480 e. The first-order valence-electron chi connectivity index (χ1n) is 15.6. The lowest BCUT2D eigenvalue weighted by atomic mass is 10.0. The minimum atomic E-state index is -1.56. The summed E-state index contributed by atoms with van der Waals surface area (Å²) in [6, 6.07) is -6.86. The lowest BCUT2D eigenvalue weighted by Crippen LogP contribution is -2.59. The number of hydrogen-bond donors (Lipinski definition) is 13. The summed E-state index contributed by atoms with van der Waals surface area (Å²) in [5, 5.41) is 19.1. The van der Waals surface area contributed by atoms with Gasteiger partial charge in [-0.3, -0.25) is 38.8 Å². The number of aliphatic carboxylic acids is 1. The third-order valence-corrected chi connectivity index (χ3v) is 6.79. The van der Waals surface area contributed by atoms with E-state index in [0.29, 0.717) is 25.8 Å². The molecule has 0 aliphatic rings. The molecule has 22 heteroatoms. The van der Waals surface area contributed by atoms with Crippen LogP contribution in [-0.4, -0.2) is 108 Å². The van der Waals surface area contributed by atoms with Gasteiger partial charge in [0, 0.05) is 19.5 Å². The molecule has 0 fully saturated rings. The number of nitrogens with one attached hydrogen (secondary N) is 4. The van der Waals surface area contributed by atoms with Gasteiger partial charge in [0.15, 0.2) is 11.9 Å². The first-order chi connectivity index (χ1) is 23.0. The van der Waals surface area contributed by atoms with Gasteiger partial charge in [-0.05, 0) is 57.9 Å². The molecule has 0 aromatic rings. The van der Waals surface area contributed by atoms with Gasteiger partial charge < -0.3 is 72.2 Å². The highest BCUT2D eigenvalue weighted by atomic mass is 16.4. The van der Waals surface area contributed by atoms with Crippen molar-refractivity contribution in [2.75, 3.05) is 19.6 Å². The molecule has 21 N–H and O–H groups in total. The second-order valence-corrected chi connectivity index (χ2v) is 11.0. The number of rotatable bonds is 26. The van der Waals surface area contributed by atoms with Crippen LogP contribution < -0.4 is 67.1 Å². The summed E-state index contributed by atoms with van der Waals surface area (Å²) in [5.41, 5.74) is 43.1. The summed E-state index contributed by atoms with van der Waals surface area (Å²) in [5.74, 6) is -7.11. The van der Waals surface area contributed by atoms with Gasteiger partial charge in [-0.1, -0.05) is 0 Å². The number of carbonyl (C=O) groups is 7. The van der Waals surface area contributed by atoms with Gasteiger partial charge in [0.05, 0.1) is 12.5 Å². The molecular formula is C27H52N14O8. The fourth-order valence-corrected chi connectivity index (χ4v) is 4.23. The zero-order valence-corrected chi connectivity index (χ0v) is 27.4. The lowest BCUT2D eigenvalue weighted by Gasteiger charge is -2.26. The molecule has 0 saturated carbocycles. The molecular weight excluding hydrogens is 648 g/mol. The maximum absolute atomic E-state index is 13.5. The molecule has 22 nitrogen and oxygen atoms in total. The smallest absolute Gasteiger partial charge is 0.326 e. The molecule has 0 heterocycles. The van der Waals surface area contributed by atoms with Crippen molar-refractivity contribution in [1.29, 1.82) is 0 Å². The summed E-state index contributed by atoms with van der Waals surface area (Å²) >= 11 is 0. The molecule has 0 bridgehead atoms. The normalized spacial score (nSPS) is 13.7. The summed E-state index contributed by atoms with van der Waals surface area (Å²) in [7, 11) is 0. The minimum absolute atomic E-state index is 0.0345. The highest BCUT2D eigenvalue weighted by Gasteiger charge is 2.32. The van der Waals surface area contributed by atoms with Crippen molar-refractivity contribution >= 4 is 53.3 Å². The number of guanidine groups is 2. The molecule has 5 unspecified atom stereocenters. The minimum Gasteiger partial charge on any atom is -0.480 e. The van der Waals surface area contributed by atoms with Crippen LogP contribution in [0.4, 0.5) is 0 Å². The molecule has 0 aromatic carbocycles. The van der Waals surface area contributed by atoms with Gasteiger partial charge in [0.25, 0.3) is 0 Å². The average Bonchev–Trinajstić information content (AvgIpc) is 3.00. The quantitative estimate of drug-likeness (QED) is 0.0227. The molecule has 0 aliphatic heterocycles. The second-order valence-electron chi connectivity index (χ2n) is 11.0. The zero-order chi connectivity index (χ0) is 37.5. The fourth-order valence-electron chi connectivity index (χ4n) is 4.23. The van der Waals surface area contributed by atoms with Crippen LogP contribution in [0.1, 0.15) is 64.2 Å². The van der Waals surface area contributed by atoms with Gasteiger partial charge in [0.2, 0.25) is 35.4 Å². The number of hydrogen-bond acceptors (Lipinski definition) is 11. The lowest BCUT2D eigenvalue weighted by molar-refractivity contribution is -0.142. The molecule has 0 aromatic heterocycles. The highest BCUT2D eigenvalue weighted by Crippen LogP contribution is 2.07. The SMILES string of the molecule is NCCCCC(NC(=O)C(CCC(N)=O)NC(=O)C(CCCN=C(N)N)NC(=O)C(CC(N)=O)NC(=O)C(N)CCCN=C(N)N)C(=O)O. The van der Waals surface area contributed by atoms with Crippen molar-refractivity contribution in [3.63, 3.8) is 0 Å². The highest BCUT2D eigenvalue weighted by molar-refractivity contribution is 5.97. The van der Waals surface area contributed by atoms with E-state index in [0.717, 1.165) is 0 Å². The number of unbranched alkanes of at least 4 members (excludes halogenated alkanes) is 1. The molecule has 0 rings (SSSR count). The van der Waals surface area contributed by atoms with Crippen LogP contribution in [0.3, 0.4) is 0 Å². The third kappa shape index (κ3) is 20.6. The topological polar surface area (TPSA) is 421 Å². The first kappa shape index (κ1) is 43.8. The Hall–Kier alpha value is -5.25. The van der Waals surface area contributed by atoms with Crippen molar-refractivity contribution < 1.29 is 38.7 Å². The van der Waals surface area contributed by atoms with Gasteiger partial charge in [-0.15, -0.1) is 0 Å². The van der Waals surface area contributed by atoms with Crippen LogP contribution in [0, 0.1) is 0 Å². The molecule has 5 atom stereocenters. The van der Waals surface area contributed by atoms with E-state index < -0.39 is 78.0 Å². The van der Waals surface area contributed by atoms with Crippen molar-refractivity contribution in [2.24, 2.45) is 55.9 Å². The second kappa shape index (κ2) is 24.0. The molecule has 6 amide bonds. The maximum atomic E-state index is 13.5. The van der Waals surface area contributed by atoms with Crippen molar-refractivity contribution in [1.82, 2.24) is 21.3 Å². The maximum Gasteiger partial charge on any atom is 0.326 e. The third-order valence-electron chi connectivity index (χ3n) is 6.79. The van der Waals surface area contributed by atoms with Crippen molar-refractivity contribution in [3.8, 4) is 0 Å².